The van der Waals surface area contributed by atoms with E-state index in [2.05, 4.69) is 9.88 Å². The van der Waals surface area contributed by atoms with Crippen LogP contribution in [0, 0.1) is 0 Å². The number of pyridine rings is 1. The standard InChI is InChI=1S/C13H18N2O3/c1-9-7-18-13(2,3)8-15(9)11-6-4-5-10(14-11)12(16)17/h4-6,9H,7-8H2,1-3H3,(H,16,17)/t9-/m0/s1. The van der Waals surface area contributed by atoms with Crippen LogP contribution < -0.4 is 4.90 Å². The smallest absolute Gasteiger partial charge is 0.354 e. The molecule has 1 atom stereocenters. The summed E-state index contributed by atoms with van der Waals surface area (Å²) in [6, 6.07) is 5.25. The Kier molecular flexibility index (Phi) is 3.26. The van der Waals surface area contributed by atoms with Gasteiger partial charge in [0.15, 0.2) is 5.69 Å². The first-order valence-corrected chi connectivity index (χ1v) is 6.00. The van der Waals surface area contributed by atoms with Crippen molar-refractivity contribution in [3.05, 3.63) is 23.9 Å². The number of hydrogen-bond acceptors (Lipinski definition) is 4. The molecule has 0 saturated carbocycles. The van der Waals surface area contributed by atoms with Crippen molar-refractivity contribution in [3.8, 4) is 0 Å². The van der Waals surface area contributed by atoms with Crippen LogP contribution in [0.3, 0.4) is 0 Å². The van der Waals surface area contributed by atoms with Crippen LogP contribution in [0.25, 0.3) is 0 Å². The van der Waals surface area contributed by atoms with Crippen LogP contribution in [0.1, 0.15) is 31.3 Å². The maximum Gasteiger partial charge on any atom is 0.354 e. The molecule has 0 unspecified atom stereocenters. The molecule has 98 valence electrons. The summed E-state index contributed by atoms with van der Waals surface area (Å²) in [5.41, 5.74) is -0.169. The molecule has 0 amide bonds. The lowest BCUT2D eigenvalue weighted by atomic mass is 10.0. The van der Waals surface area contributed by atoms with Crippen LogP contribution in [0.2, 0.25) is 0 Å². The van der Waals surface area contributed by atoms with Crippen molar-refractivity contribution in [1.29, 1.82) is 0 Å². The number of carboxylic acid groups (broad SMARTS) is 1. The highest BCUT2D eigenvalue weighted by atomic mass is 16.5. The van der Waals surface area contributed by atoms with Gasteiger partial charge >= 0.3 is 5.97 Å². The fourth-order valence-corrected chi connectivity index (χ4v) is 2.06. The highest BCUT2D eigenvalue weighted by Gasteiger charge is 2.32. The van der Waals surface area contributed by atoms with Crippen LogP contribution in [-0.2, 0) is 4.74 Å². The number of nitrogens with zero attached hydrogens (tertiary/aromatic N) is 2. The molecule has 5 nitrogen and oxygen atoms in total. The number of morpholine rings is 1. The first kappa shape index (κ1) is 12.8. The third kappa shape index (κ3) is 2.61. The van der Waals surface area contributed by atoms with Gasteiger partial charge in [0.1, 0.15) is 5.82 Å². The molecule has 1 aliphatic rings. The summed E-state index contributed by atoms with van der Waals surface area (Å²) < 4.78 is 5.72. The summed E-state index contributed by atoms with van der Waals surface area (Å²) >= 11 is 0. The maximum atomic E-state index is 10.9. The van der Waals surface area contributed by atoms with E-state index in [1.165, 1.54) is 6.07 Å². The van der Waals surface area contributed by atoms with E-state index in [1.807, 2.05) is 26.8 Å². The molecule has 1 fully saturated rings. The molecule has 18 heavy (non-hydrogen) atoms. The number of carbonyl (C=O) groups is 1. The molecule has 0 radical (unpaired) electrons. The minimum atomic E-state index is -1.00. The number of aromatic nitrogens is 1. The summed E-state index contributed by atoms with van der Waals surface area (Å²) in [6.45, 7) is 7.40. The van der Waals surface area contributed by atoms with Crippen molar-refractivity contribution in [2.75, 3.05) is 18.1 Å². The number of hydrogen-bond donors (Lipinski definition) is 1. The summed E-state index contributed by atoms with van der Waals surface area (Å²) in [5.74, 6) is -0.309. The van der Waals surface area contributed by atoms with Crippen molar-refractivity contribution >= 4 is 11.8 Å². The van der Waals surface area contributed by atoms with Gasteiger partial charge in [-0.2, -0.15) is 0 Å². The molecule has 1 N–H and O–H groups in total. The van der Waals surface area contributed by atoms with Gasteiger partial charge in [-0.3, -0.25) is 0 Å². The Morgan fingerprint density at radius 1 is 1.56 bits per heavy atom. The zero-order chi connectivity index (χ0) is 13.3. The van der Waals surface area contributed by atoms with E-state index >= 15 is 0 Å². The minimum absolute atomic E-state index is 0.0731. The Morgan fingerprint density at radius 2 is 2.28 bits per heavy atom. The number of anilines is 1. The van der Waals surface area contributed by atoms with E-state index < -0.39 is 5.97 Å². The summed E-state index contributed by atoms with van der Waals surface area (Å²) in [6.07, 6.45) is 0. The fraction of sp³-hybridized carbons (Fsp3) is 0.538. The van der Waals surface area contributed by atoms with Gasteiger partial charge in [-0.05, 0) is 32.9 Å². The second-order valence-electron chi connectivity index (χ2n) is 5.23. The third-order valence-electron chi connectivity index (χ3n) is 3.05. The average Bonchev–Trinajstić information content (AvgIpc) is 2.32. The van der Waals surface area contributed by atoms with Crippen LogP contribution in [0.15, 0.2) is 18.2 Å². The topological polar surface area (TPSA) is 62.7 Å². The van der Waals surface area contributed by atoms with Crippen molar-refractivity contribution in [2.45, 2.75) is 32.4 Å². The average molecular weight is 250 g/mol. The van der Waals surface area contributed by atoms with Gasteiger partial charge in [-0.15, -0.1) is 0 Å². The third-order valence-corrected chi connectivity index (χ3v) is 3.05. The van der Waals surface area contributed by atoms with E-state index in [-0.39, 0.29) is 17.3 Å². The zero-order valence-corrected chi connectivity index (χ0v) is 10.9. The van der Waals surface area contributed by atoms with Crippen LogP contribution in [0.5, 0.6) is 0 Å². The van der Waals surface area contributed by atoms with E-state index in [4.69, 9.17) is 9.84 Å². The van der Waals surface area contributed by atoms with Crippen molar-refractivity contribution < 1.29 is 14.6 Å². The molecule has 0 aromatic carbocycles. The minimum Gasteiger partial charge on any atom is -0.477 e. The predicted molar refractivity (Wildman–Crippen MR) is 68.0 cm³/mol. The number of carboxylic acids is 1. The lowest BCUT2D eigenvalue weighted by molar-refractivity contribution is -0.0423. The molecule has 0 bridgehead atoms. The molecule has 5 heteroatoms. The van der Waals surface area contributed by atoms with Crippen molar-refractivity contribution in [2.24, 2.45) is 0 Å². The summed E-state index contributed by atoms with van der Waals surface area (Å²) in [5, 5.41) is 8.97. The monoisotopic (exact) mass is 250 g/mol. The second kappa shape index (κ2) is 4.57. The van der Waals surface area contributed by atoms with E-state index in [0.717, 1.165) is 0 Å². The Bertz CT molecular complexity index is 459. The van der Waals surface area contributed by atoms with Gasteiger partial charge in [-0.25, -0.2) is 9.78 Å². The van der Waals surface area contributed by atoms with Crippen LogP contribution in [-0.4, -0.2) is 40.9 Å². The molecular formula is C13H18N2O3. The highest BCUT2D eigenvalue weighted by molar-refractivity contribution is 5.85. The molecule has 1 aromatic rings. The highest BCUT2D eigenvalue weighted by Crippen LogP contribution is 2.25. The van der Waals surface area contributed by atoms with Gasteiger partial charge in [0.25, 0.3) is 0 Å². The van der Waals surface area contributed by atoms with Crippen LogP contribution in [0.4, 0.5) is 5.82 Å². The summed E-state index contributed by atoms with van der Waals surface area (Å²) in [7, 11) is 0. The number of ether oxygens (including phenoxy) is 1. The molecule has 2 heterocycles. The molecule has 2 rings (SSSR count). The van der Waals surface area contributed by atoms with Crippen LogP contribution >= 0.6 is 0 Å². The molecule has 1 saturated heterocycles. The largest absolute Gasteiger partial charge is 0.477 e. The molecule has 1 aliphatic heterocycles. The Morgan fingerprint density at radius 3 is 2.94 bits per heavy atom. The lowest BCUT2D eigenvalue weighted by Crippen LogP contribution is -2.53. The zero-order valence-electron chi connectivity index (χ0n) is 10.9. The van der Waals surface area contributed by atoms with E-state index in [1.54, 1.807) is 6.07 Å². The second-order valence-corrected chi connectivity index (χ2v) is 5.23. The molecule has 0 aliphatic carbocycles. The van der Waals surface area contributed by atoms with Gasteiger partial charge in [0.05, 0.1) is 18.2 Å². The first-order chi connectivity index (χ1) is 8.39. The predicted octanol–water partition coefficient (Wildman–Crippen LogP) is 1.78. The normalized spacial score (nSPS) is 22.8. The molecule has 1 aromatic heterocycles. The Balaban J connectivity index is 2.29. The summed E-state index contributed by atoms with van der Waals surface area (Å²) in [4.78, 5) is 17.2. The van der Waals surface area contributed by atoms with Gasteiger partial charge in [0, 0.05) is 6.54 Å². The molecule has 0 spiro atoms. The lowest BCUT2D eigenvalue weighted by Gasteiger charge is -2.43. The Labute approximate surface area is 106 Å². The van der Waals surface area contributed by atoms with Gasteiger partial charge in [-0.1, -0.05) is 6.07 Å². The van der Waals surface area contributed by atoms with Crippen molar-refractivity contribution in [1.82, 2.24) is 4.98 Å². The quantitative estimate of drug-likeness (QED) is 0.867. The maximum absolute atomic E-state index is 10.9. The Hall–Kier alpha value is -1.62. The molecular weight excluding hydrogens is 232 g/mol. The fourth-order valence-electron chi connectivity index (χ4n) is 2.06. The van der Waals surface area contributed by atoms with Gasteiger partial charge < -0.3 is 14.7 Å². The van der Waals surface area contributed by atoms with Crippen molar-refractivity contribution in [3.63, 3.8) is 0 Å². The number of aromatic carboxylic acids is 1. The van der Waals surface area contributed by atoms with E-state index in [9.17, 15) is 4.79 Å². The van der Waals surface area contributed by atoms with Gasteiger partial charge in [0.2, 0.25) is 0 Å². The van der Waals surface area contributed by atoms with E-state index in [0.29, 0.717) is 19.0 Å². The SMILES string of the molecule is C[C@H]1COC(C)(C)CN1c1cccc(C(=O)O)n1. The first-order valence-electron chi connectivity index (χ1n) is 6.00. The number of rotatable bonds is 2.